The minimum atomic E-state index is 0.138. The van der Waals surface area contributed by atoms with Crippen LogP contribution in [-0.2, 0) is 17.9 Å². The molecule has 1 aliphatic rings. The molecule has 0 spiro atoms. The molecule has 2 heterocycles. The van der Waals surface area contributed by atoms with Gasteiger partial charge in [0.1, 0.15) is 0 Å². The summed E-state index contributed by atoms with van der Waals surface area (Å²) in [5.74, 6) is 0.138. The fraction of sp³-hybridized carbons (Fsp3) is 0.379. The van der Waals surface area contributed by atoms with Crippen LogP contribution in [0.3, 0.4) is 0 Å². The van der Waals surface area contributed by atoms with E-state index >= 15 is 0 Å². The minimum absolute atomic E-state index is 0.138. The van der Waals surface area contributed by atoms with E-state index in [0.717, 1.165) is 41.8 Å². The van der Waals surface area contributed by atoms with Crippen LogP contribution in [0.2, 0.25) is 0 Å². The Hall–Kier alpha value is -3.43. The first-order chi connectivity index (χ1) is 16.9. The number of aromatic nitrogens is 2. The molecule has 0 saturated carbocycles. The first-order valence-electron chi connectivity index (χ1n) is 12.4. The second kappa shape index (κ2) is 10.9. The summed E-state index contributed by atoms with van der Waals surface area (Å²) in [6, 6.07) is 14.3. The maximum Gasteiger partial charge on any atom is 0.241 e. The standard InChI is InChI=1S/C29H34N5O/c1-5-6-9-26-18-34(28-10-7-8-21(2)23(28)4)29(35)19-32(26)17-27-15-31-20-33(27)16-25-13-24(14-30)12-11-22(25)3/h7-8,10-13,15,20,26H,3,5-6,9,16-19H2,1-2,4H3/t26-/m0/s1. The summed E-state index contributed by atoms with van der Waals surface area (Å²) >= 11 is 0. The number of nitriles is 1. The van der Waals surface area contributed by atoms with Crippen molar-refractivity contribution in [3.05, 3.63) is 89.4 Å². The van der Waals surface area contributed by atoms with Gasteiger partial charge in [0.25, 0.3) is 0 Å². The third-order valence-corrected chi connectivity index (χ3v) is 7.15. The number of carbonyl (C=O) groups is 1. The Kier molecular flexibility index (Phi) is 7.67. The summed E-state index contributed by atoms with van der Waals surface area (Å²) in [5, 5.41) is 9.28. The van der Waals surface area contributed by atoms with Gasteiger partial charge in [0.2, 0.25) is 5.91 Å². The number of amides is 1. The Labute approximate surface area is 208 Å². The molecule has 1 amide bonds. The lowest BCUT2D eigenvalue weighted by atomic mass is 10.0. The number of imidazole rings is 1. The Morgan fingerprint density at radius 3 is 2.80 bits per heavy atom. The summed E-state index contributed by atoms with van der Waals surface area (Å²) in [7, 11) is 0. The fourth-order valence-corrected chi connectivity index (χ4v) is 4.83. The molecular weight excluding hydrogens is 434 g/mol. The maximum absolute atomic E-state index is 13.3. The van der Waals surface area contributed by atoms with Crippen LogP contribution in [0.1, 0.15) is 59.7 Å². The van der Waals surface area contributed by atoms with Crippen LogP contribution in [0, 0.1) is 32.1 Å². The average Bonchev–Trinajstić information content (AvgIpc) is 3.28. The molecule has 1 atom stereocenters. The molecule has 35 heavy (non-hydrogen) atoms. The van der Waals surface area contributed by atoms with Gasteiger partial charge in [-0.2, -0.15) is 5.26 Å². The van der Waals surface area contributed by atoms with Gasteiger partial charge in [0.15, 0.2) is 0 Å². The van der Waals surface area contributed by atoms with Crippen molar-refractivity contribution in [2.75, 3.05) is 18.0 Å². The second-order valence-electron chi connectivity index (χ2n) is 9.53. The molecule has 1 radical (unpaired) electrons. The number of hydrogen-bond donors (Lipinski definition) is 0. The summed E-state index contributed by atoms with van der Waals surface area (Å²) in [4.78, 5) is 22.0. The van der Waals surface area contributed by atoms with Crippen molar-refractivity contribution < 1.29 is 4.79 Å². The Balaban J connectivity index is 1.55. The number of benzene rings is 2. The largest absolute Gasteiger partial charge is 0.329 e. The Bertz CT molecular complexity index is 1240. The summed E-state index contributed by atoms with van der Waals surface area (Å²) in [6.07, 6.45) is 7.01. The van der Waals surface area contributed by atoms with Gasteiger partial charge in [-0.3, -0.25) is 9.69 Å². The van der Waals surface area contributed by atoms with Gasteiger partial charge < -0.3 is 9.47 Å². The number of aryl methyl sites for hydroxylation is 1. The molecule has 0 bridgehead atoms. The average molecular weight is 469 g/mol. The SMILES string of the molecule is [CH2]c1ccc(C#N)cc1Cn1cncc1CN1CC(=O)N(c2cccc(C)c2C)C[C@@H]1CCCC. The third kappa shape index (κ3) is 5.47. The number of hydrogen-bond acceptors (Lipinski definition) is 4. The molecule has 0 unspecified atom stereocenters. The van der Waals surface area contributed by atoms with Crippen molar-refractivity contribution in [2.45, 2.75) is 59.2 Å². The van der Waals surface area contributed by atoms with Crippen LogP contribution in [0.15, 0.2) is 48.9 Å². The highest BCUT2D eigenvalue weighted by molar-refractivity contribution is 5.96. The van der Waals surface area contributed by atoms with Crippen LogP contribution in [0.25, 0.3) is 0 Å². The van der Waals surface area contributed by atoms with Crippen molar-refractivity contribution in [3.8, 4) is 6.07 Å². The highest BCUT2D eigenvalue weighted by Crippen LogP contribution is 2.28. The lowest BCUT2D eigenvalue weighted by Crippen LogP contribution is -2.56. The first-order valence-corrected chi connectivity index (χ1v) is 12.4. The molecule has 0 N–H and O–H groups in total. The summed E-state index contributed by atoms with van der Waals surface area (Å²) < 4.78 is 2.10. The van der Waals surface area contributed by atoms with E-state index < -0.39 is 0 Å². The Morgan fingerprint density at radius 1 is 1.20 bits per heavy atom. The molecular formula is C29H34N5O. The van der Waals surface area contributed by atoms with Crippen LogP contribution >= 0.6 is 0 Å². The minimum Gasteiger partial charge on any atom is -0.329 e. The van der Waals surface area contributed by atoms with Gasteiger partial charge in [0, 0.05) is 37.6 Å². The van der Waals surface area contributed by atoms with Crippen molar-refractivity contribution >= 4 is 11.6 Å². The maximum atomic E-state index is 13.3. The van der Waals surface area contributed by atoms with Gasteiger partial charge in [-0.05, 0) is 67.6 Å². The number of carbonyl (C=O) groups excluding carboxylic acids is 1. The smallest absolute Gasteiger partial charge is 0.241 e. The fourth-order valence-electron chi connectivity index (χ4n) is 4.83. The lowest BCUT2D eigenvalue weighted by Gasteiger charge is -2.41. The monoisotopic (exact) mass is 468 g/mol. The zero-order chi connectivity index (χ0) is 24.9. The molecule has 2 aromatic carbocycles. The van der Waals surface area contributed by atoms with Crippen molar-refractivity contribution in [1.82, 2.24) is 14.5 Å². The van der Waals surface area contributed by atoms with Gasteiger partial charge >= 0.3 is 0 Å². The predicted molar refractivity (Wildman–Crippen MR) is 139 cm³/mol. The molecule has 0 aliphatic carbocycles. The lowest BCUT2D eigenvalue weighted by molar-refractivity contribution is -0.122. The molecule has 1 saturated heterocycles. The van der Waals surface area contributed by atoms with Crippen molar-refractivity contribution in [3.63, 3.8) is 0 Å². The molecule has 1 fully saturated rings. The van der Waals surface area contributed by atoms with Gasteiger partial charge in [0.05, 0.1) is 30.2 Å². The highest BCUT2D eigenvalue weighted by atomic mass is 16.2. The number of nitrogens with zero attached hydrogens (tertiary/aromatic N) is 5. The second-order valence-corrected chi connectivity index (χ2v) is 9.53. The number of rotatable bonds is 8. The summed E-state index contributed by atoms with van der Waals surface area (Å²) in [5.41, 5.74) is 7.00. The molecule has 6 nitrogen and oxygen atoms in total. The van der Waals surface area contributed by atoms with E-state index in [0.29, 0.717) is 31.7 Å². The third-order valence-electron chi connectivity index (χ3n) is 7.15. The molecule has 3 aromatic rings. The summed E-state index contributed by atoms with van der Waals surface area (Å²) in [6.45, 7) is 12.9. The topological polar surface area (TPSA) is 65.2 Å². The predicted octanol–water partition coefficient (Wildman–Crippen LogP) is 5.01. The normalized spacial score (nSPS) is 16.5. The Morgan fingerprint density at radius 2 is 2.03 bits per heavy atom. The van der Waals surface area contributed by atoms with E-state index in [2.05, 4.69) is 60.3 Å². The van der Waals surface area contributed by atoms with Gasteiger partial charge in [-0.1, -0.05) is 38.0 Å². The number of piperazine rings is 1. The van der Waals surface area contributed by atoms with E-state index in [1.165, 1.54) is 11.1 Å². The van der Waals surface area contributed by atoms with Crippen LogP contribution in [-0.4, -0.2) is 39.5 Å². The van der Waals surface area contributed by atoms with Crippen LogP contribution < -0.4 is 4.90 Å². The molecule has 6 heteroatoms. The molecule has 4 rings (SSSR count). The van der Waals surface area contributed by atoms with Gasteiger partial charge in [-0.15, -0.1) is 0 Å². The van der Waals surface area contributed by atoms with Crippen molar-refractivity contribution in [1.29, 1.82) is 5.26 Å². The number of unbranched alkanes of at least 4 members (excludes halogenated alkanes) is 1. The molecule has 181 valence electrons. The van der Waals surface area contributed by atoms with E-state index in [1.54, 1.807) is 6.07 Å². The zero-order valence-corrected chi connectivity index (χ0v) is 21.0. The van der Waals surface area contributed by atoms with Crippen molar-refractivity contribution in [2.24, 2.45) is 0 Å². The quantitative estimate of drug-likeness (QED) is 0.466. The first kappa shape index (κ1) is 24.7. The van der Waals surface area contributed by atoms with E-state index in [1.807, 2.05) is 35.6 Å². The van der Waals surface area contributed by atoms with E-state index in [-0.39, 0.29) is 11.9 Å². The van der Waals surface area contributed by atoms with Crippen LogP contribution in [0.5, 0.6) is 0 Å². The van der Waals surface area contributed by atoms with E-state index in [4.69, 9.17) is 0 Å². The molecule has 1 aliphatic heterocycles. The van der Waals surface area contributed by atoms with Crippen LogP contribution in [0.4, 0.5) is 5.69 Å². The zero-order valence-electron chi connectivity index (χ0n) is 21.0. The number of anilines is 1. The van der Waals surface area contributed by atoms with Gasteiger partial charge in [-0.25, -0.2) is 4.98 Å². The molecule has 1 aromatic heterocycles. The van der Waals surface area contributed by atoms with E-state index in [9.17, 15) is 10.1 Å². The highest BCUT2D eigenvalue weighted by Gasteiger charge is 2.33.